The van der Waals surface area contributed by atoms with Crippen LogP contribution in [0.4, 0.5) is 0 Å². The van der Waals surface area contributed by atoms with Crippen molar-refractivity contribution in [3.63, 3.8) is 0 Å². The van der Waals surface area contributed by atoms with E-state index in [1.807, 2.05) is 24.4 Å². The Morgan fingerprint density at radius 2 is 2.35 bits per heavy atom. The normalized spacial score (nSPS) is 18.2. The number of carbonyl (C=O) groups excluding carboxylic acids is 1. The summed E-state index contributed by atoms with van der Waals surface area (Å²) in [4.78, 5) is 15.4. The SMILES string of the molecule is C=CCN1C(=O)C(=Cc2sccc2C)SC1=S. The molecule has 5 heteroatoms. The van der Waals surface area contributed by atoms with Crippen molar-refractivity contribution in [2.45, 2.75) is 6.92 Å². The van der Waals surface area contributed by atoms with E-state index in [4.69, 9.17) is 12.2 Å². The smallest absolute Gasteiger partial charge is 0.266 e. The highest BCUT2D eigenvalue weighted by Crippen LogP contribution is 2.33. The standard InChI is InChI=1S/C12H11NOS3/c1-3-5-13-11(14)10(17-12(13)15)7-9-8(2)4-6-16-9/h3-4,6-7H,1,5H2,2H3. The molecule has 0 spiro atoms. The van der Waals surface area contributed by atoms with Gasteiger partial charge in [0.25, 0.3) is 5.91 Å². The molecular weight excluding hydrogens is 270 g/mol. The highest BCUT2D eigenvalue weighted by molar-refractivity contribution is 8.26. The average molecular weight is 281 g/mol. The maximum absolute atomic E-state index is 12.0. The summed E-state index contributed by atoms with van der Waals surface area (Å²) in [6, 6.07) is 2.04. The maximum Gasteiger partial charge on any atom is 0.266 e. The molecule has 1 aliphatic heterocycles. The Kier molecular flexibility index (Phi) is 3.81. The number of carbonyl (C=O) groups is 1. The summed E-state index contributed by atoms with van der Waals surface area (Å²) in [6.45, 7) is 6.14. The molecule has 2 nitrogen and oxygen atoms in total. The van der Waals surface area contributed by atoms with Crippen molar-refractivity contribution in [2.75, 3.05) is 6.54 Å². The van der Waals surface area contributed by atoms with E-state index >= 15 is 0 Å². The van der Waals surface area contributed by atoms with Crippen LogP contribution in [0, 0.1) is 6.92 Å². The third-order valence-corrected chi connectivity index (χ3v) is 4.69. The molecule has 1 aromatic heterocycles. The van der Waals surface area contributed by atoms with Crippen LogP contribution in [0.25, 0.3) is 6.08 Å². The summed E-state index contributed by atoms with van der Waals surface area (Å²) in [5, 5.41) is 2.02. The molecule has 0 bridgehead atoms. The lowest BCUT2D eigenvalue weighted by Gasteiger charge is -2.10. The fraction of sp³-hybridized carbons (Fsp3) is 0.167. The fourth-order valence-corrected chi connectivity index (χ4v) is 3.63. The van der Waals surface area contributed by atoms with Crippen LogP contribution < -0.4 is 0 Å². The third-order valence-electron chi connectivity index (χ3n) is 2.35. The number of hydrogen-bond donors (Lipinski definition) is 0. The molecule has 0 N–H and O–H groups in total. The zero-order valence-corrected chi connectivity index (χ0v) is 11.8. The van der Waals surface area contributed by atoms with Crippen molar-refractivity contribution in [3.8, 4) is 0 Å². The van der Waals surface area contributed by atoms with Gasteiger partial charge in [0.15, 0.2) is 0 Å². The van der Waals surface area contributed by atoms with Crippen LogP contribution in [0.15, 0.2) is 29.0 Å². The molecule has 1 saturated heterocycles. The summed E-state index contributed by atoms with van der Waals surface area (Å²) in [7, 11) is 0. The maximum atomic E-state index is 12.0. The molecule has 1 aliphatic rings. The zero-order valence-electron chi connectivity index (χ0n) is 9.30. The third kappa shape index (κ3) is 2.51. The number of nitrogens with zero attached hydrogens (tertiary/aromatic N) is 1. The minimum atomic E-state index is -0.0206. The molecule has 2 heterocycles. The van der Waals surface area contributed by atoms with Gasteiger partial charge >= 0.3 is 0 Å². The van der Waals surface area contributed by atoms with Gasteiger partial charge in [0.05, 0.1) is 4.91 Å². The molecule has 0 atom stereocenters. The van der Waals surface area contributed by atoms with Gasteiger partial charge in [-0.15, -0.1) is 17.9 Å². The first-order valence-corrected chi connectivity index (χ1v) is 7.14. The number of hydrogen-bond acceptors (Lipinski definition) is 4. The molecule has 1 aromatic rings. The Bertz CT molecular complexity index is 516. The number of thioether (sulfide) groups is 1. The molecule has 2 rings (SSSR count). The Hall–Kier alpha value is -0.910. The van der Waals surface area contributed by atoms with Crippen molar-refractivity contribution >= 4 is 51.6 Å². The lowest BCUT2D eigenvalue weighted by atomic mass is 10.2. The van der Waals surface area contributed by atoms with Gasteiger partial charge < -0.3 is 0 Å². The van der Waals surface area contributed by atoms with E-state index in [1.54, 1.807) is 22.3 Å². The summed E-state index contributed by atoms with van der Waals surface area (Å²) >= 11 is 8.16. The topological polar surface area (TPSA) is 20.3 Å². The first-order valence-electron chi connectivity index (χ1n) is 5.04. The molecule has 0 unspecified atom stereocenters. The van der Waals surface area contributed by atoms with E-state index < -0.39 is 0 Å². The lowest BCUT2D eigenvalue weighted by Crippen LogP contribution is -2.27. The van der Waals surface area contributed by atoms with E-state index in [0.29, 0.717) is 15.8 Å². The summed E-state index contributed by atoms with van der Waals surface area (Å²) in [6.07, 6.45) is 3.60. The second-order valence-corrected chi connectivity index (χ2v) is 6.17. The number of aryl methyl sites for hydroxylation is 1. The van der Waals surface area contributed by atoms with Crippen molar-refractivity contribution in [2.24, 2.45) is 0 Å². The predicted octanol–water partition coefficient (Wildman–Crippen LogP) is 3.44. The minimum Gasteiger partial charge on any atom is -0.289 e. The van der Waals surface area contributed by atoms with Gasteiger partial charge in [-0.1, -0.05) is 30.1 Å². The molecule has 88 valence electrons. The summed E-state index contributed by atoms with van der Waals surface area (Å²) < 4.78 is 0.607. The van der Waals surface area contributed by atoms with Crippen LogP contribution >= 0.6 is 35.3 Å². The van der Waals surface area contributed by atoms with Crippen molar-refractivity contribution in [3.05, 3.63) is 39.4 Å². The number of thiocarbonyl (C=S) groups is 1. The second kappa shape index (κ2) is 5.16. The average Bonchev–Trinajstić information content (AvgIpc) is 2.79. The van der Waals surface area contributed by atoms with E-state index in [2.05, 4.69) is 6.58 Å². The van der Waals surface area contributed by atoms with Gasteiger partial charge in [-0.05, 0) is 30.0 Å². The molecule has 0 aliphatic carbocycles. The van der Waals surface area contributed by atoms with Gasteiger partial charge in [-0.2, -0.15) is 0 Å². The highest BCUT2D eigenvalue weighted by Gasteiger charge is 2.31. The summed E-state index contributed by atoms with van der Waals surface area (Å²) in [5.41, 5.74) is 1.18. The number of rotatable bonds is 3. The molecule has 0 radical (unpaired) electrons. The Morgan fingerprint density at radius 1 is 1.59 bits per heavy atom. The predicted molar refractivity (Wildman–Crippen MR) is 79.1 cm³/mol. The molecule has 17 heavy (non-hydrogen) atoms. The Balaban J connectivity index is 2.28. The van der Waals surface area contributed by atoms with E-state index in [1.165, 1.54) is 17.3 Å². The number of amides is 1. The van der Waals surface area contributed by atoms with Crippen molar-refractivity contribution in [1.29, 1.82) is 0 Å². The molecule has 1 amide bonds. The Morgan fingerprint density at radius 3 is 2.94 bits per heavy atom. The first-order chi connectivity index (χ1) is 8.13. The highest BCUT2D eigenvalue weighted by atomic mass is 32.2. The molecular formula is C12H11NOS3. The van der Waals surface area contributed by atoms with Gasteiger partial charge in [0.1, 0.15) is 4.32 Å². The van der Waals surface area contributed by atoms with E-state index in [0.717, 1.165) is 4.88 Å². The second-order valence-electron chi connectivity index (χ2n) is 3.55. The van der Waals surface area contributed by atoms with Gasteiger partial charge in [0, 0.05) is 11.4 Å². The largest absolute Gasteiger partial charge is 0.289 e. The number of thiophene rings is 1. The monoisotopic (exact) mass is 281 g/mol. The first kappa shape index (κ1) is 12.5. The van der Waals surface area contributed by atoms with Crippen LogP contribution in [0.3, 0.4) is 0 Å². The zero-order chi connectivity index (χ0) is 12.4. The van der Waals surface area contributed by atoms with E-state index in [-0.39, 0.29) is 5.91 Å². The quantitative estimate of drug-likeness (QED) is 0.481. The molecule has 0 aromatic carbocycles. The van der Waals surface area contributed by atoms with Crippen molar-refractivity contribution < 1.29 is 4.79 Å². The van der Waals surface area contributed by atoms with Crippen LogP contribution in [-0.4, -0.2) is 21.7 Å². The van der Waals surface area contributed by atoms with Gasteiger partial charge in [-0.25, -0.2) is 0 Å². The molecule has 0 saturated carbocycles. The minimum absolute atomic E-state index is 0.0206. The van der Waals surface area contributed by atoms with Crippen LogP contribution in [0.5, 0.6) is 0 Å². The van der Waals surface area contributed by atoms with Crippen LogP contribution in [0.1, 0.15) is 10.4 Å². The van der Waals surface area contributed by atoms with Gasteiger partial charge in [0.2, 0.25) is 0 Å². The van der Waals surface area contributed by atoms with Crippen LogP contribution in [-0.2, 0) is 4.79 Å². The van der Waals surface area contributed by atoms with Gasteiger partial charge in [-0.3, -0.25) is 9.69 Å². The van der Waals surface area contributed by atoms with Crippen molar-refractivity contribution in [1.82, 2.24) is 4.90 Å². The fourth-order valence-electron chi connectivity index (χ4n) is 1.44. The summed E-state index contributed by atoms with van der Waals surface area (Å²) in [5.74, 6) is -0.0206. The van der Waals surface area contributed by atoms with Crippen LogP contribution in [0.2, 0.25) is 0 Å². The Labute approximate surface area is 114 Å². The van der Waals surface area contributed by atoms with E-state index in [9.17, 15) is 4.79 Å². The molecule has 1 fully saturated rings. The lowest BCUT2D eigenvalue weighted by molar-refractivity contribution is -0.121.